The largest absolute Gasteiger partial charge is 0.491 e. The Balaban J connectivity index is 1.90. The van der Waals surface area contributed by atoms with Gasteiger partial charge in [-0.25, -0.2) is 0 Å². The molecular formula is C22H26N2O6. The highest BCUT2D eigenvalue weighted by Gasteiger charge is 2.38. The summed E-state index contributed by atoms with van der Waals surface area (Å²) in [5.41, 5.74) is 0.463. The van der Waals surface area contributed by atoms with E-state index in [0.717, 1.165) is 12.0 Å². The number of ketones is 1. The van der Waals surface area contributed by atoms with E-state index in [1.807, 2.05) is 6.07 Å². The molecule has 1 saturated carbocycles. The number of aliphatic hydroxyl groups excluding tert-OH is 2. The number of benzene rings is 1. The van der Waals surface area contributed by atoms with E-state index in [1.54, 1.807) is 18.2 Å². The molecule has 1 aliphatic carbocycles. The summed E-state index contributed by atoms with van der Waals surface area (Å²) in [6.45, 7) is 0.268. The van der Waals surface area contributed by atoms with Crippen molar-refractivity contribution in [2.24, 2.45) is 11.8 Å². The molecule has 1 heterocycles. The number of carbonyl (C=O) groups is 2. The van der Waals surface area contributed by atoms with Crippen LogP contribution in [0, 0.1) is 11.8 Å². The number of nitrogens with zero attached hydrogens (tertiary/aromatic N) is 1. The summed E-state index contributed by atoms with van der Waals surface area (Å²) in [4.78, 5) is 37.8. The van der Waals surface area contributed by atoms with E-state index in [1.165, 1.54) is 23.9 Å². The van der Waals surface area contributed by atoms with Gasteiger partial charge in [-0.1, -0.05) is 12.1 Å². The molecule has 0 aliphatic heterocycles. The highest BCUT2D eigenvalue weighted by atomic mass is 16.5. The number of ether oxygens (including phenoxy) is 1. The van der Waals surface area contributed by atoms with Crippen molar-refractivity contribution in [3.05, 3.63) is 63.6 Å². The Morgan fingerprint density at radius 1 is 1.23 bits per heavy atom. The molecule has 0 bridgehead atoms. The van der Waals surface area contributed by atoms with Crippen LogP contribution in [0.5, 0.6) is 5.75 Å². The zero-order valence-electron chi connectivity index (χ0n) is 16.8. The van der Waals surface area contributed by atoms with Gasteiger partial charge in [0.05, 0.1) is 13.2 Å². The second-order valence-electron chi connectivity index (χ2n) is 7.44. The number of aliphatic hydroxyl groups is 2. The van der Waals surface area contributed by atoms with Crippen molar-refractivity contribution in [1.82, 2.24) is 9.88 Å². The fraction of sp³-hybridized carbons (Fsp3) is 0.409. The molecule has 1 amide bonds. The fourth-order valence-corrected chi connectivity index (χ4v) is 3.44. The maximum absolute atomic E-state index is 12.8. The van der Waals surface area contributed by atoms with E-state index in [-0.39, 0.29) is 56.0 Å². The lowest BCUT2D eigenvalue weighted by Gasteiger charge is -2.12. The first-order valence-corrected chi connectivity index (χ1v) is 9.90. The maximum atomic E-state index is 12.8. The fourth-order valence-electron chi connectivity index (χ4n) is 3.44. The zero-order valence-corrected chi connectivity index (χ0v) is 16.8. The first-order chi connectivity index (χ1) is 14.5. The number of Topliss-reactive ketones (excluding diaryl/α,β-unsaturated/α-hetero) is 1. The SMILES string of the molecule is CNC(=O)c1cc(C(=O)C[C@H]2C[C@@H]2CO)cn(Cc2cccc(OCCO)c2)c1=O. The van der Waals surface area contributed by atoms with Gasteiger partial charge in [-0.15, -0.1) is 0 Å². The monoisotopic (exact) mass is 414 g/mol. The van der Waals surface area contributed by atoms with Gasteiger partial charge < -0.3 is 24.8 Å². The Hall–Kier alpha value is -2.97. The number of amides is 1. The van der Waals surface area contributed by atoms with Crippen LogP contribution in [0.3, 0.4) is 0 Å². The van der Waals surface area contributed by atoms with Crippen LogP contribution in [-0.4, -0.2) is 53.3 Å². The van der Waals surface area contributed by atoms with Crippen LogP contribution in [0.4, 0.5) is 0 Å². The molecule has 8 heteroatoms. The molecule has 3 rings (SSSR count). The van der Waals surface area contributed by atoms with E-state index >= 15 is 0 Å². The molecule has 0 radical (unpaired) electrons. The molecule has 1 aromatic carbocycles. The summed E-state index contributed by atoms with van der Waals surface area (Å²) in [6.07, 6.45) is 2.57. The summed E-state index contributed by atoms with van der Waals surface area (Å²) in [5, 5.41) is 20.5. The van der Waals surface area contributed by atoms with Gasteiger partial charge in [0.2, 0.25) is 0 Å². The van der Waals surface area contributed by atoms with Crippen molar-refractivity contribution < 1.29 is 24.5 Å². The molecule has 3 N–H and O–H groups in total. The predicted molar refractivity (Wildman–Crippen MR) is 110 cm³/mol. The Morgan fingerprint density at radius 3 is 2.70 bits per heavy atom. The van der Waals surface area contributed by atoms with E-state index in [4.69, 9.17) is 9.84 Å². The lowest BCUT2D eigenvalue weighted by Crippen LogP contribution is -2.32. The first kappa shape index (κ1) is 21.7. The second-order valence-corrected chi connectivity index (χ2v) is 7.44. The summed E-state index contributed by atoms with van der Waals surface area (Å²) < 4.78 is 6.75. The number of carbonyl (C=O) groups excluding carboxylic acids is 2. The van der Waals surface area contributed by atoms with E-state index in [0.29, 0.717) is 11.3 Å². The van der Waals surface area contributed by atoms with E-state index in [2.05, 4.69) is 5.32 Å². The van der Waals surface area contributed by atoms with Gasteiger partial charge in [-0.3, -0.25) is 14.4 Å². The van der Waals surface area contributed by atoms with Gasteiger partial charge in [0, 0.05) is 31.8 Å². The summed E-state index contributed by atoms with van der Waals surface area (Å²) in [7, 11) is 1.43. The molecule has 1 aromatic heterocycles. The number of rotatable bonds is 10. The molecule has 160 valence electrons. The van der Waals surface area contributed by atoms with Gasteiger partial charge in [0.25, 0.3) is 11.5 Å². The number of nitrogens with one attached hydrogen (secondary N) is 1. The molecule has 8 nitrogen and oxygen atoms in total. The Bertz CT molecular complexity index is 984. The number of aromatic nitrogens is 1. The summed E-state index contributed by atoms with van der Waals surface area (Å²) in [6, 6.07) is 8.40. The predicted octanol–water partition coefficient (Wildman–Crippen LogP) is 0.828. The number of pyridine rings is 1. The van der Waals surface area contributed by atoms with Gasteiger partial charge in [0.1, 0.15) is 17.9 Å². The molecule has 0 unspecified atom stereocenters. The standard InChI is InChI=1S/C22H26N2O6/c1-23-21(28)19-9-16(20(27)10-15-8-17(15)13-26)12-24(22(19)29)11-14-3-2-4-18(7-14)30-6-5-25/h2-4,7,9,12,15,17,25-26H,5-6,8,10-11,13H2,1H3,(H,23,28)/t15-,17-/m1/s1. The molecule has 30 heavy (non-hydrogen) atoms. The molecule has 0 spiro atoms. The van der Waals surface area contributed by atoms with Crippen molar-refractivity contribution in [1.29, 1.82) is 0 Å². The first-order valence-electron chi connectivity index (χ1n) is 9.90. The van der Waals surface area contributed by atoms with Crippen LogP contribution in [0.1, 0.15) is 39.1 Å². The number of hydrogen-bond acceptors (Lipinski definition) is 6. The van der Waals surface area contributed by atoms with Crippen molar-refractivity contribution in [2.45, 2.75) is 19.4 Å². The lowest BCUT2D eigenvalue weighted by atomic mass is 10.0. The molecule has 2 atom stereocenters. The molecule has 0 saturated heterocycles. The smallest absolute Gasteiger partial charge is 0.263 e. The van der Waals surface area contributed by atoms with Gasteiger partial charge in [0.15, 0.2) is 5.78 Å². The highest BCUT2D eigenvalue weighted by Crippen LogP contribution is 2.41. The normalized spacial score (nSPS) is 17.4. The van der Waals surface area contributed by atoms with Gasteiger partial charge in [-0.2, -0.15) is 0 Å². The molecule has 2 aromatic rings. The minimum Gasteiger partial charge on any atom is -0.491 e. The van der Waals surface area contributed by atoms with Crippen LogP contribution >= 0.6 is 0 Å². The van der Waals surface area contributed by atoms with Gasteiger partial charge >= 0.3 is 0 Å². The third-order valence-corrected chi connectivity index (χ3v) is 5.24. The third-order valence-electron chi connectivity index (χ3n) is 5.24. The van der Waals surface area contributed by atoms with Crippen LogP contribution in [0.15, 0.2) is 41.3 Å². The van der Waals surface area contributed by atoms with E-state index in [9.17, 15) is 19.5 Å². The quantitative estimate of drug-likeness (QED) is 0.496. The van der Waals surface area contributed by atoms with Crippen LogP contribution in [0.2, 0.25) is 0 Å². The van der Waals surface area contributed by atoms with Crippen molar-refractivity contribution >= 4 is 11.7 Å². The highest BCUT2D eigenvalue weighted by molar-refractivity contribution is 6.00. The van der Waals surface area contributed by atoms with Crippen LogP contribution in [-0.2, 0) is 6.54 Å². The maximum Gasteiger partial charge on any atom is 0.263 e. The summed E-state index contributed by atoms with van der Waals surface area (Å²) >= 11 is 0. The average Bonchev–Trinajstić information content (AvgIpc) is 3.51. The Labute approximate surface area is 174 Å². The molecule has 1 fully saturated rings. The van der Waals surface area contributed by atoms with Crippen molar-refractivity contribution in [3.8, 4) is 5.75 Å². The van der Waals surface area contributed by atoms with Crippen LogP contribution in [0.25, 0.3) is 0 Å². The minimum absolute atomic E-state index is 0.0651. The third kappa shape index (κ3) is 5.14. The van der Waals surface area contributed by atoms with Crippen molar-refractivity contribution in [3.63, 3.8) is 0 Å². The van der Waals surface area contributed by atoms with E-state index < -0.39 is 11.5 Å². The summed E-state index contributed by atoms with van der Waals surface area (Å²) in [5.74, 6) is 0.140. The number of hydrogen-bond donors (Lipinski definition) is 3. The Kier molecular flexibility index (Phi) is 7.02. The Morgan fingerprint density at radius 2 is 2.03 bits per heavy atom. The zero-order chi connectivity index (χ0) is 21.7. The molecular weight excluding hydrogens is 388 g/mol. The van der Waals surface area contributed by atoms with Gasteiger partial charge in [-0.05, 0) is 42.0 Å². The second kappa shape index (κ2) is 9.69. The van der Waals surface area contributed by atoms with Crippen molar-refractivity contribution in [2.75, 3.05) is 26.9 Å². The topological polar surface area (TPSA) is 118 Å². The van der Waals surface area contributed by atoms with Crippen LogP contribution < -0.4 is 15.6 Å². The lowest BCUT2D eigenvalue weighted by molar-refractivity contribution is 0.0961. The minimum atomic E-state index is -0.553. The average molecular weight is 414 g/mol. The molecule has 1 aliphatic rings.